The predicted octanol–water partition coefficient (Wildman–Crippen LogP) is 1.05. The van der Waals surface area contributed by atoms with Crippen molar-refractivity contribution in [2.75, 3.05) is 19.8 Å². The number of carbonyl (C=O) groups is 2. The van der Waals surface area contributed by atoms with E-state index in [2.05, 4.69) is 6.58 Å². The smallest absolute Gasteiger partial charge is 0.333 e. The molecule has 0 heterocycles. The molecule has 0 spiro atoms. The molecule has 0 radical (unpaired) electrons. The van der Waals surface area contributed by atoms with Crippen LogP contribution in [-0.2, 0) is 23.8 Å². The molecule has 22 heavy (non-hydrogen) atoms. The van der Waals surface area contributed by atoms with Crippen LogP contribution in [0, 0.1) is 17.2 Å². The second kappa shape index (κ2) is 8.05. The van der Waals surface area contributed by atoms with Gasteiger partial charge in [0.15, 0.2) is 5.90 Å². The fraction of sp³-hybridized carbons (Fsp3) is 0.667. The van der Waals surface area contributed by atoms with Crippen molar-refractivity contribution in [1.29, 1.82) is 5.41 Å². The molecule has 124 valence electrons. The molecule has 2 N–H and O–H groups in total. The zero-order chi connectivity index (χ0) is 16.8. The predicted molar refractivity (Wildman–Crippen MR) is 78.3 cm³/mol. The highest BCUT2D eigenvalue weighted by atomic mass is 16.7. The molecule has 0 aromatic carbocycles. The molecule has 0 aliphatic heterocycles. The van der Waals surface area contributed by atoms with E-state index in [1.807, 2.05) is 0 Å². The molecule has 0 saturated heterocycles. The van der Waals surface area contributed by atoms with E-state index in [0.717, 1.165) is 6.29 Å². The van der Waals surface area contributed by atoms with Crippen LogP contribution in [0.1, 0.15) is 26.7 Å². The number of rotatable bonds is 10. The van der Waals surface area contributed by atoms with Crippen LogP contribution >= 0.6 is 0 Å². The molecular formula is C15H23NO6. The molecule has 7 nitrogen and oxygen atoms in total. The lowest BCUT2D eigenvalue weighted by Gasteiger charge is -2.19. The van der Waals surface area contributed by atoms with Gasteiger partial charge in [-0.05, 0) is 19.8 Å². The van der Waals surface area contributed by atoms with Crippen LogP contribution in [0.2, 0.25) is 0 Å². The number of aliphatic hydroxyl groups is 1. The van der Waals surface area contributed by atoms with Crippen molar-refractivity contribution < 1.29 is 28.9 Å². The van der Waals surface area contributed by atoms with Gasteiger partial charge in [-0.2, -0.15) is 0 Å². The molecule has 1 fully saturated rings. The Hall–Kier alpha value is -1.73. The monoisotopic (exact) mass is 313 g/mol. The highest BCUT2D eigenvalue weighted by Crippen LogP contribution is 2.56. The van der Waals surface area contributed by atoms with Crippen LogP contribution in [0.3, 0.4) is 0 Å². The van der Waals surface area contributed by atoms with Crippen molar-refractivity contribution in [1.82, 2.24) is 0 Å². The highest BCUT2D eigenvalue weighted by Gasteiger charge is 2.69. The minimum Gasteiger partial charge on any atom is -0.463 e. The fourth-order valence-corrected chi connectivity index (χ4v) is 2.49. The molecule has 1 rings (SSSR count). The molecular weight excluding hydrogens is 290 g/mol. The summed E-state index contributed by atoms with van der Waals surface area (Å²) in [5.41, 5.74) is 0.320. The number of aldehydes is 1. The Bertz CT molecular complexity index is 449. The molecule has 3 unspecified atom stereocenters. The maximum absolute atomic E-state index is 11.5. The summed E-state index contributed by atoms with van der Waals surface area (Å²) in [6.45, 7) is 6.89. The average Bonchev–Trinajstić information content (AvgIpc) is 3.07. The van der Waals surface area contributed by atoms with E-state index in [4.69, 9.17) is 24.7 Å². The summed E-state index contributed by atoms with van der Waals surface area (Å²) < 4.78 is 15.7. The second-order valence-electron chi connectivity index (χ2n) is 5.08. The Morgan fingerprint density at radius 2 is 2.18 bits per heavy atom. The van der Waals surface area contributed by atoms with Crippen molar-refractivity contribution in [3.8, 4) is 0 Å². The molecule has 1 saturated carbocycles. The number of hydrogen-bond acceptors (Lipinski definition) is 7. The first-order valence-corrected chi connectivity index (χ1v) is 7.22. The SMILES string of the molecule is C=C(CCC1C(C=O)C1(OCCO)OC(C)=N)C(=O)OCC. The molecule has 0 bridgehead atoms. The Kier molecular flexibility index (Phi) is 6.70. The molecule has 0 aromatic rings. The minimum atomic E-state index is -1.22. The largest absolute Gasteiger partial charge is 0.463 e. The van der Waals surface area contributed by atoms with Crippen LogP contribution in [0.5, 0.6) is 0 Å². The summed E-state index contributed by atoms with van der Waals surface area (Å²) in [7, 11) is 0. The molecule has 3 atom stereocenters. The van der Waals surface area contributed by atoms with Gasteiger partial charge in [0.05, 0.1) is 25.7 Å². The van der Waals surface area contributed by atoms with E-state index in [1.54, 1.807) is 6.92 Å². The van der Waals surface area contributed by atoms with Gasteiger partial charge in [-0.25, -0.2) is 4.79 Å². The summed E-state index contributed by atoms with van der Waals surface area (Å²) in [4.78, 5) is 22.7. The van der Waals surface area contributed by atoms with Crippen LogP contribution in [0.25, 0.3) is 0 Å². The van der Waals surface area contributed by atoms with Crippen molar-refractivity contribution in [2.45, 2.75) is 32.5 Å². The lowest BCUT2D eigenvalue weighted by Crippen LogP contribution is -2.28. The lowest BCUT2D eigenvalue weighted by atomic mass is 10.1. The molecule has 0 amide bonds. The Morgan fingerprint density at radius 3 is 2.68 bits per heavy atom. The summed E-state index contributed by atoms with van der Waals surface area (Å²) >= 11 is 0. The van der Waals surface area contributed by atoms with Gasteiger partial charge in [0.25, 0.3) is 0 Å². The number of carbonyl (C=O) groups excluding carboxylic acids is 2. The van der Waals surface area contributed by atoms with E-state index in [1.165, 1.54) is 6.92 Å². The fourth-order valence-electron chi connectivity index (χ4n) is 2.49. The van der Waals surface area contributed by atoms with Crippen LogP contribution in [-0.4, -0.2) is 48.9 Å². The topological polar surface area (TPSA) is 106 Å². The average molecular weight is 313 g/mol. The summed E-state index contributed by atoms with van der Waals surface area (Å²) in [6, 6.07) is 0. The Morgan fingerprint density at radius 1 is 1.50 bits per heavy atom. The van der Waals surface area contributed by atoms with Crippen molar-refractivity contribution in [2.24, 2.45) is 11.8 Å². The van der Waals surface area contributed by atoms with E-state index >= 15 is 0 Å². The number of ether oxygens (including phenoxy) is 3. The third kappa shape index (κ3) is 4.14. The van der Waals surface area contributed by atoms with Crippen LogP contribution in [0.4, 0.5) is 0 Å². The third-order valence-corrected chi connectivity index (χ3v) is 3.51. The zero-order valence-electron chi connectivity index (χ0n) is 13.0. The first-order chi connectivity index (χ1) is 10.4. The van der Waals surface area contributed by atoms with E-state index in [0.29, 0.717) is 18.4 Å². The van der Waals surface area contributed by atoms with Crippen LogP contribution in [0.15, 0.2) is 12.2 Å². The standard InChI is InChI=1S/C15H23NO6/c1-4-20-14(19)10(2)5-6-12-13(9-18)15(12,21-8-7-17)22-11(3)16/h9,12-13,16-17H,2,4-8H2,1,3H3. The second-order valence-corrected chi connectivity index (χ2v) is 5.08. The normalized spacial score (nSPS) is 26.1. The number of hydrogen-bond donors (Lipinski definition) is 2. The maximum atomic E-state index is 11.5. The van der Waals surface area contributed by atoms with Gasteiger partial charge in [0, 0.05) is 18.4 Å². The highest BCUT2D eigenvalue weighted by molar-refractivity contribution is 5.87. The first kappa shape index (κ1) is 18.3. The first-order valence-electron chi connectivity index (χ1n) is 7.22. The Labute approximate surface area is 129 Å². The summed E-state index contributed by atoms with van der Waals surface area (Å²) in [5.74, 6) is -2.57. The van der Waals surface area contributed by atoms with Crippen LogP contribution < -0.4 is 0 Å². The maximum Gasteiger partial charge on any atom is 0.333 e. The van der Waals surface area contributed by atoms with Gasteiger partial charge in [0.1, 0.15) is 6.29 Å². The third-order valence-electron chi connectivity index (χ3n) is 3.51. The van der Waals surface area contributed by atoms with Gasteiger partial charge < -0.3 is 24.1 Å². The van der Waals surface area contributed by atoms with Gasteiger partial charge in [-0.15, -0.1) is 0 Å². The van der Waals surface area contributed by atoms with E-state index in [9.17, 15) is 9.59 Å². The van der Waals surface area contributed by atoms with Gasteiger partial charge in [-0.3, -0.25) is 5.41 Å². The molecule has 1 aliphatic rings. The van der Waals surface area contributed by atoms with Crippen molar-refractivity contribution >= 4 is 18.2 Å². The zero-order valence-corrected chi connectivity index (χ0v) is 13.0. The minimum absolute atomic E-state index is 0.00689. The number of esters is 1. The van der Waals surface area contributed by atoms with E-state index < -0.39 is 17.7 Å². The lowest BCUT2D eigenvalue weighted by molar-refractivity contribution is -0.146. The number of nitrogens with one attached hydrogen (secondary N) is 1. The van der Waals surface area contributed by atoms with Gasteiger partial charge in [-0.1, -0.05) is 6.58 Å². The summed E-state index contributed by atoms with van der Waals surface area (Å²) in [6.07, 6.45) is 1.51. The van der Waals surface area contributed by atoms with Crippen molar-refractivity contribution in [3.05, 3.63) is 12.2 Å². The molecule has 1 aliphatic carbocycles. The van der Waals surface area contributed by atoms with Gasteiger partial charge >= 0.3 is 5.97 Å². The molecule has 0 aromatic heterocycles. The van der Waals surface area contributed by atoms with Gasteiger partial charge in [0.2, 0.25) is 5.79 Å². The summed E-state index contributed by atoms with van der Waals surface area (Å²) in [5, 5.41) is 16.3. The quantitative estimate of drug-likeness (QED) is 0.156. The van der Waals surface area contributed by atoms with E-state index in [-0.39, 0.29) is 31.6 Å². The van der Waals surface area contributed by atoms with Crippen molar-refractivity contribution in [3.63, 3.8) is 0 Å². The number of aliphatic hydroxyl groups excluding tert-OH is 1. The molecule has 7 heteroatoms. The Balaban J connectivity index is 2.67.